The molecular formula is C33H42O15. The summed E-state index contributed by atoms with van der Waals surface area (Å²) in [7, 11) is 0. The maximum Gasteiger partial charge on any atom is 0.303 e. The molecule has 1 aromatic rings. The van der Waals surface area contributed by atoms with Crippen LogP contribution in [0.3, 0.4) is 0 Å². The minimum Gasteiger partial charge on any atom is -0.463 e. The molecular weight excluding hydrogens is 636 g/mol. The van der Waals surface area contributed by atoms with Crippen molar-refractivity contribution in [1.82, 2.24) is 0 Å². The van der Waals surface area contributed by atoms with E-state index in [-0.39, 0.29) is 31.0 Å². The van der Waals surface area contributed by atoms with Crippen LogP contribution in [0, 0.1) is 12.3 Å². The molecule has 3 rings (SSSR count). The van der Waals surface area contributed by atoms with Gasteiger partial charge in [0, 0.05) is 58.2 Å². The number of fused-ring (bicyclic) bond motifs is 1. The van der Waals surface area contributed by atoms with E-state index in [2.05, 4.69) is 0 Å². The average Bonchev–Trinajstić information content (AvgIpc) is 3.13. The zero-order chi connectivity index (χ0) is 36.1. The summed E-state index contributed by atoms with van der Waals surface area (Å²) in [4.78, 5) is 85.4. The van der Waals surface area contributed by atoms with Crippen molar-refractivity contribution in [3.8, 4) is 0 Å². The zero-order valence-electron chi connectivity index (χ0n) is 28.5. The lowest BCUT2D eigenvalue weighted by molar-refractivity contribution is -0.307. The fraction of sp³-hybridized carbons (Fsp3) is 0.606. The number of benzene rings is 1. The van der Waals surface area contributed by atoms with Gasteiger partial charge in [0.05, 0.1) is 12.0 Å². The minimum absolute atomic E-state index is 0.120. The lowest BCUT2D eigenvalue weighted by Crippen LogP contribution is -2.63. The van der Waals surface area contributed by atoms with Gasteiger partial charge < -0.3 is 37.9 Å². The van der Waals surface area contributed by atoms with Crippen LogP contribution in [-0.4, -0.2) is 85.5 Å². The van der Waals surface area contributed by atoms with Crippen molar-refractivity contribution in [3.63, 3.8) is 0 Å². The van der Waals surface area contributed by atoms with E-state index < -0.39 is 84.6 Å². The van der Waals surface area contributed by atoms with Crippen molar-refractivity contribution in [3.05, 3.63) is 33.9 Å². The Hall–Kier alpha value is -4.37. The van der Waals surface area contributed by atoms with E-state index in [1.54, 1.807) is 26.8 Å². The van der Waals surface area contributed by atoms with Gasteiger partial charge in [-0.1, -0.05) is 6.07 Å². The van der Waals surface area contributed by atoms with Crippen LogP contribution in [0.2, 0.25) is 0 Å². The van der Waals surface area contributed by atoms with Crippen LogP contribution in [0.1, 0.15) is 94.1 Å². The van der Waals surface area contributed by atoms with Crippen LogP contribution in [-0.2, 0) is 79.7 Å². The molecule has 1 heterocycles. The third-order valence-corrected chi connectivity index (χ3v) is 7.84. The lowest BCUT2D eigenvalue weighted by atomic mass is 9.86. The molecule has 1 saturated heterocycles. The predicted molar refractivity (Wildman–Crippen MR) is 161 cm³/mol. The number of carbonyl (C=O) groups excluding carboxylic acids is 7. The van der Waals surface area contributed by atoms with Gasteiger partial charge in [-0.2, -0.15) is 0 Å². The number of esters is 6. The predicted octanol–water partition coefficient (Wildman–Crippen LogP) is 2.53. The molecule has 264 valence electrons. The van der Waals surface area contributed by atoms with Crippen LogP contribution in [0.15, 0.2) is 6.07 Å². The van der Waals surface area contributed by atoms with Gasteiger partial charge in [0.1, 0.15) is 25.4 Å². The molecule has 48 heavy (non-hydrogen) atoms. The van der Waals surface area contributed by atoms with E-state index in [0.29, 0.717) is 22.3 Å². The van der Waals surface area contributed by atoms with Crippen LogP contribution in [0.5, 0.6) is 0 Å². The first-order valence-corrected chi connectivity index (χ1v) is 15.3. The first-order valence-electron chi connectivity index (χ1n) is 15.3. The molecule has 0 spiro atoms. The highest BCUT2D eigenvalue weighted by Crippen LogP contribution is 2.50. The molecule has 6 unspecified atom stereocenters. The van der Waals surface area contributed by atoms with Crippen molar-refractivity contribution >= 4 is 41.6 Å². The number of ketones is 1. The highest BCUT2D eigenvalue weighted by atomic mass is 16.7. The zero-order valence-corrected chi connectivity index (χ0v) is 28.5. The number of hydrogen-bond acceptors (Lipinski definition) is 15. The van der Waals surface area contributed by atoms with Gasteiger partial charge in [0.2, 0.25) is 0 Å². The molecule has 1 aromatic carbocycles. The molecule has 0 bridgehead atoms. The van der Waals surface area contributed by atoms with Gasteiger partial charge in [-0.3, -0.25) is 33.6 Å². The molecule has 15 nitrogen and oxygen atoms in total. The summed E-state index contributed by atoms with van der Waals surface area (Å²) in [6.07, 6.45) is -7.52. The Morgan fingerprint density at radius 3 is 1.81 bits per heavy atom. The van der Waals surface area contributed by atoms with Gasteiger partial charge >= 0.3 is 35.8 Å². The first kappa shape index (κ1) is 38.1. The number of rotatable bonds is 12. The quantitative estimate of drug-likeness (QED) is 0.231. The Morgan fingerprint density at radius 2 is 1.27 bits per heavy atom. The summed E-state index contributed by atoms with van der Waals surface area (Å²) in [5.41, 5.74) is 1.37. The molecule has 6 atom stereocenters. The maximum absolute atomic E-state index is 13.7. The fourth-order valence-electron chi connectivity index (χ4n) is 5.92. The minimum atomic E-state index is -1.42. The summed E-state index contributed by atoms with van der Waals surface area (Å²) >= 11 is 0. The second-order valence-electron chi connectivity index (χ2n) is 12.1. The Bertz CT molecular complexity index is 1460. The Labute approximate surface area is 277 Å². The number of ether oxygens (including phenoxy) is 8. The van der Waals surface area contributed by atoms with Crippen LogP contribution < -0.4 is 0 Å². The molecule has 1 fully saturated rings. The van der Waals surface area contributed by atoms with Gasteiger partial charge in [-0.05, 0) is 38.3 Å². The summed E-state index contributed by atoms with van der Waals surface area (Å²) < 4.78 is 44.4. The molecule has 1 aliphatic carbocycles. The molecule has 0 amide bonds. The van der Waals surface area contributed by atoms with Crippen molar-refractivity contribution in [2.75, 3.05) is 13.2 Å². The average molecular weight is 679 g/mol. The van der Waals surface area contributed by atoms with Crippen molar-refractivity contribution in [2.24, 2.45) is 5.41 Å². The van der Waals surface area contributed by atoms with E-state index >= 15 is 0 Å². The Balaban J connectivity index is 2.01. The van der Waals surface area contributed by atoms with Gasteiger partial charge in [-0.25, -0.2) is 0 Å². The van der Waals surface area contributed by atoms with E-state index in [1.165, 1.54) is 13.8 Å². The molecule has 0 aromatic heterocycles. The summed E-state index contributed by atoms with van der Waals surface area (Å²) in [5, 5.41) is 0. The van der Waals surface area contributed by atoms with Crippen LogP contribution in [0.25, 0.3) is 0 Å². The fourth-order valence-corrected chi connectivity index (χ4v) is 5.92. The second-order valence-corrected chi connectivity index (χ2v) is 12.1. The van der Waals surface area contributed by atoms with Crippen molar-refractivity contribution < 1.29 is 71.5 Å². The standard InChI is InChI=1S/C33H42O15/c1-15-12-23-26(30(40)33(8,9)31(23)47-21(7)39)24(13-42-16(2)34)22(15)10-11-41-32-29(46-20(6)38)28(45-19(5)37)27(44-18(4)36)25(48-32)14-43-17(3)35/h12,25,27-29,31-32H,10-11,13-14H2,1-9H3. The topological polar surface area (TPSA) is 193 Å². The van der Waals surface area contributed by atoms with E-state index in [4.69, 9.17) is 37.9 Å². The first-order chi connectivity index (χ1) is 22.3. The van der Waals surface area contributed by atoms with E-state index in [1.807, 2.05) is 0 Å². The second kappa shape index (κ2) is 15.7. The van der Waals surface area contributed by atoms with Gasteiger partial charge in [0.15, 0.2) is 30.4 Å². The molecule has 1 aliphatic heterocycles. The summed E-state index contributed by atoms with van der Waals surface area (Å²) in [5.74, 6) is -4.44. The molecule has 0 radical (unpaired) electrons. The Kier molecular flexibility index (Phi) is 12.4. The van der Waals surface area contributed by atoms with Crippen molar-refractivity contribution in [1.29, 1.82) is 0 Å². The third-order valence-electron chi connectivity index (χ3n) is 7.84. The number of carbonyl (C=O) groups is 7. The van der Waals surface area contributed by atoms with Gasteiger partial charge in [0.25, 0.3) is 0 Å². The monoisotopic (exact) mass is 678 g/mol. The van der Waals surface area contributed by atoms with Crippen LogP contribution in [0.4, 0.5) is 0 Å². The van der Waals surface area contributed by atoms with Gasteiger partial charge in [-0.15, -0.1) is 0 Å². The number of hydrogen-bond donors (Lipinski definition) is 0. The largest absolute Gasteiger partial charge is 0.463 e. The SMILES string of the molecule is CC(=O)OCc1c(CCOC2OC(COC(C)=O)C(OC(C)=O)C(OC(C)=O)C2OC(C)=O)c(C)cc2c1C(=O)C(C)(C)C2OC(C)=O. The summed E-state index contributed by atoms with van der Waals surface area (Å²) in [6.45, 7) is 11.3. The maximum atomic E-state index is 13.7. The molecule has 0 N–H and O–H groups in total. The number of Topliss-reactive ketones (excluding diaryl/α,β-unsaturated/α-hetero) is 1. The molecule has 2 aliphatic rings. The highest BCUT2D eigenvalue weighted by Gasteiger charge is 2.53. The highest BCUT2D eigenvalue weighted by molar-refractivity contribution is 6.07. The van der Waals surface area contributed by atoms with E-state index in [0.717, 1.165) is 27.7 Å². The summed E-state index contributed by atoms with van der Waals surface area (Å²) in [6, 6.07) is 1.75. The van der Waals surface area contributed by atoms with E-state index in [9.17, 15) is 33.6 Å². The molecule has 15 heteroatoms. The van der Waals surface area contributed by atoms with Crippen LogP contribution >= 0.6 is 0 Å². The lowest BCUT2D eigenvalue weighted by Gasteiger charge is -2.44. The van der Waals surface area contributed by atoms with Crippen molar-refractivity contribution in [2.45, 2.75) is 112 Å². The smallest absolute Gasteiger partial charge is 0.303 e. The normalized spacial score (nSPS) is 24.1. The third kappa shape index (κ3) is 8.95. The molecule has 0 saturated carbocycles. The Morgan fingerprint density at radius 1 is 0.729 bits per heavy atom. The number of aryl methyl sites for hydroxylation is 1.